The molecule has 0 aliphatic carbocycles. The second-order valence-electron chi connectivity index (χ2n) is 6.71. The zero-order chi connectivity index (χ0) is 16.9. The molecule has 1 amide bonds. The molecule has 0 unspecified atom stereocenters. The summed E-state index contributed by atoms with van der Waals surface area (Å²) in [5.74, 6) is -0.0346. The summed E-state index contributed by atoms with van der Waals surface area (Å²) in [6, 6.07) is 16.1. The molecule has 2 aromatic carbocycles. The molecule has 2 rings (SSSR count). The highest BCUT2D eigenvalue weighted by molar-refractivity contribution is 5.94. The molecule has 0 saturated carbocycles. The van der Waals surface area contributed by atoms with Gasteiger partial charge in [0.1, 0.15) is 0 Å². The molecule has 0 saturated heterocycles. The Labute approximate surface area is 139 Å². The van der Waals surface area contributed by atoms with E-state index in [-0.39, 0.29) is 17.9 Å². The summed E-state index contributed by atoms with van der Waals surface area (Å²) in [6.45, 7) is 8.81. The maximum absolute atomic E-state index is 12.3. The number of para-hydroxylation sites is 2. The van der Waals surface area contributed by atoms with E-state index in [0.717, 1.165) is 23.4 Å². The Kier molecular flexibility index (Phi) is 5.43. The SMILES string of the molecule is CCc1ccccc1NCC(=O)Nc1ccccc1C(C)(C)C. The lowest BCUT2D eigenvalue weighted by molar-refractivity contribution is -0.114. The van der Waals surface area contributed by atoms with Crippen LogP contribution in [0, 0.1) is 0 Å². The predicted octanol–water partition coefficient (Wildman–Crippen LogP) is 4.60. The molecule has 0 aliphatic rings. The van der Waals surface area contributed by atoms with E-state index in [1.54, 1.807) is 0 Å². The number of hydrogen-bond donors (Lipinski definition) is 2. The minimum absolute atomic E-state index is 0.00783. The second-order valence-corrected chi connectivity index (χ2v) is 6.71. The molecule has 2 aromatic rings. The number of rotatable bonds is 5. The van der Waals surface area contributed by atoms with Gasteiger partial charge < -0.3 is 10.6 Å². The number of nitrogens with one attached hydrogen (secondary N) is 2. The van der Waals surface area contributed by atoms with Gasteiger partial charge in [0.05, 0.1) is 6.54 Å². The maximum Gasteiger partial charge on any atom is 0.243 e. The van der Waals surface area contributed by atoms with Crippen molar-refractivity contribution in [2.45, 2.75) is 39.5 Å². The van der Waals surface area contributed by atoms with Crippen LogP contribution < -0.4 is 10.6 Å². The highest BCUT2D eigenvalue weighted by atomic mass is 16.1. The van der Waals surface area contributed by atoms with Crippen molar-refractivity contribution in [2.24, 2.45) is 0 Å². The molecule has 23 heavy (non-hydrogen) atoms. The van der Waals surface area contributed by atoms with E-state index in [9.17, 15) is 4.79 Å². The van der Waals surface area contributed by atoms with Crippen molar-refractivity contribution in [3.05, 3.63) is 59.7 Å². The Morgan fingerprint density at radius 2 is 1.57 bits per heavy atom. The number of benzene rings is 2. The molecule has 0 atom stereocenters. The van der Waals surface area contributed by atoms with Gasteiger partial charge in [0.15, 0.2) is 0 Å². The standard InChI is InChI=1S/C20H26N2O/c1-5-15-10-6-8-12-17(15)21-14-19(23)22-18-13-9-7-11-16(18)20(2,3)4/h6-13,21H,5,14H2,1-4H3,(H,22,23). The van der Waals surface area contributed by atoms with Crippen molar-refractivity contribution in [1.29, 1.82) is 0 Å². The quantitative estimate of drug-likeness (QED) is 0.847. The van der Waals surface area contributed by atoms with Crippen molar-refractivity contribution < 1.29 is 4.79 Å². The number of aryl methyl sites for hydroxylation is 1. The third-order valence-electron chi connectivity index (χ3n) is 3.85. The molecule has 0 bridgehead atoms. The van der Waals surface area contributed by atoms with Crippen molar-refractivity contribution in [1.82, 2.24) is 0 Å². The fourth-order valence-electron chi connectivity index (χ4n) is 2.62. The molecule has 122 valence electrons. The van der Waals surface area contributed by atoms with Gasteiger partial charge in [0.25, 0.3) is 0 Å². The summed E-state index contributed by atoms with van der Waals surface area (Å²) in [5.41, 5.74) is 4.26. The Morgan fingerprint density at radius 3 is 2.22 bits per heavy atom. The molecule has 0 radical (unpaired) electrons. The minimum Gasteiger partial charge on any atom is -0.376 e. The Balaban J connectivity index is 2.04. The summed E-state index contributed by atoms with van der Waals surface area (Å²) in [4.78, 5) is 12.3. The molecule has 0 fully saturated rings. The third-order valence-corrected chi connectivity index (χ3v) is 3.85. The van der Waals surface area contributed by atoms with Gasteiger partial charge in [0, 0.05) is 11.4 Å². The molecule has 2 N–H and O–H groups in total. The van der Waals surface area contributed by atoms with E-state index < -0.39 is 0 Å². The molecule has 3 heteroatoms. The Hall–Kier alpha value is -2.29. The molecule has 0 aromatic heterocycles. The summed E-state index contributed by atoms with van der Waals surface area (Å²) >= 11 is 0. The van der Waals surface area contributed by atoms with Crippen LogP contribution in [0.1, 0.15) is 38.8 Å². The van der Waals surface area contributed by atoms with Crippen LogP contribution >= 0.6 is 0 Å². The van der Waals surface area contributed by atoms with Crippen LogP contribution in [0.5, 0.6) is 0 Å². The number of carbonyl (C=O) groups is 1. The number of hydrogen-bond acceptors (Lipinski definition) is 2. The molecule has 0 heterocycles. The average Bonchev–Trinajstić information content (AvgIpc) is 2.52. The van der Waals surface area contributed by atoms with Gasteiger partial charge in [-0.05, 0) is 35.1 Å². The number of amides is 1. The smallest absolute Gasteiger partial charge is 0.243 e. The van der Waals surface area contributed by atoms with E-state index >= 15 is 0 Å². The first kappa shape index (κ1) is 17.1. The first-order valence-electron chi connectivity index (χ1n) is 8.13. The van der Waals surface area contributed by atoms with Gasteiger partial charge in [-0.15, -0.1) is 0 Å². The van der Waals surface area contributed by atoms with Gasteiger partial charge in [0.2, 0.25) is 5.91 Å². The summed E-state index contributed by atoms with van der Waals surface area (Å²) in [7, 11) is 0. The van der Waals surface area contributed by atoms with Crippen LogP contribution in [0.4, 0.5) is 11.4 Å². The van der Waals surface area contributed by atoms with E-state index in [0.29, 0.717) is 0 Å². The van der Waals surface area contributed by atoms with Crippen molar-refractivity contribution in [3.8, 4) is 0 Å². The Bertz CT molecular complexity index is 671. The largest absolute Gasteiger partial charge is 0.376 e. The fraction of sp³-hybridized carbons (Fsp3) is 0.350. The number of anilines is 2. The Morgan fingerprint density at radius 1 is 0.957 bits per heavy atom. The van der Waals surface area contributed by atoms with Crippen LogP contribution in [0.15, 0.2) is 48.5 Å². The first-order chi connectivity index (χ1) is 10.9. The summed E-state index contributed by atoms with van der Waals surface area (Å²) in [5, 5.41) is 6.25. The van der Waals surface area contributed by atoms with E-state index in [4.69, 9.17) is 0 Å². The third kappa shape index (κ3) is 4.59. The van der Waals surface area contributed by atoms with Gasteiger partial charge in [-0.25, -0.2) is 0 Å². The summed E-state index contributed by atoms with van der Waals surface area (Å²) < 4.78 is 0. The van der Waals surface area contributed by atoms with Gasteiger partial charge in [-0.2, -0.15) is 0 Å². The molecule has 3 nitrogen and oxygen atoms in total. The fourth-order valence-corrected chi connectivity index (χ4v) is 2.62. The van der Waals surface area contributed by atoms with Crippen LogP contribution in [0.3, 0.4) is 0 Å². The molecular weight excluding hydrogens is 284 g/mol. The highest BCUT2D eigenvalue weighted by Crippen LogP contribution is 2.29. The van der Waals surface area contributed by atoms with Crippen molar-refractivity contribution in [2.75, 3.05) is 17.2 Å². The molecule has 0 aliphatic heterocycles. The lowest BCUT2D eigenvalue weighted by atomic mass is 9.86. The van der Waals surface area contributed by atoms with Gasteiger partial charge in [-0.1, -0.05) is 64.1 Å². The van der Waals surface area contributed by atoms with E-state index in [1.807, 2.05) is 36.4 Å². The maximum atomic E-state index is 12.3. The second kappa shape index (κ2) is 7.32. The lowest BCUT2D eigenvalue weighted by Crippen LogP contribution is -2.24. The van der Waals surface area contributed by atoms with Crippen LogP contribution in [-0.4, -0.2) is 12.5 Å². The topological polar surface area (TPSA) is 41.1 Å². The van der Waals surface area contributed by atoms with E-state index in [2.05, 4.69) is 50.5 Å². The molecular formula is C20H26N2O. The predicted molar refractivity (Wildman–Crippen MR) is 98.1 cm³/mol. The van der Waals surface area contributed by atoms with Crippen molar-refractivity contribution >= 4 is 17.3 Å². The van der Waals surface area contributed by atoms with E-state index in [1.165, 1.54) is 5.56 Å². The zero-order valence-corrected chi connectivity index (χ0v) is 14.4. The normalized spacial score (nSPS) is 11.1. The number of carbonyl (C=O) groups excluding carboxylic acids is 1. The van der Waals surface area contributed by atoms with Crippen LogP contribution in [-0.2, 0) is 16.6 Å². The lowest BCUT2D eigenvalue weighted by Gasteiger charge is -2.23. The minimum atomic E-state index is -0.0346. The van der Waals surface area contributed by atoms with Crippen molar-refractivity contribution in [3.63, 3.8) is 0 Å². The monoisotopic (exact) mass is 310 g/mol. The zero-order valence-electron chi connectivity index (χ0n) is 14.4. The van der Waals surface area contributed by atoms with Crippen LogP contribution in [0.25, 0.3) is 0 Å². The first-order valence-corrected chi connectivity index (χ1v) is 8.13. The van der Waals surface area contributed by atoms with Crippen LogP contribution in [0.2, 0.25) is 0 Å². The molecule has 0 spiro atoms. The average molecular weight is 310 g/mol. The van der Waals surface area contributed by atoms with Gasteiger partial charge >= 0.3 is 0 Å². The van der Waals surface area contributed by atoms with Gasteiger partial charge in [-0.3, -0.25) is 4.79 Å². The summed E-state index contributed by atoms with van der Waals surface area (Å²) in [6.07, 6.45) is 0.942. The highest BCUT2D eigenvalue weighted by Gasteiger charge is 2.18.